The van der Waals surface area contributed by atoms with Crippen molar-refractivity contribution < 1.29 is 19.4 Å². The zero-order chi connectivity index (χ0) is 16.0. The van der Waals surface area contributed by atoms with Gasteiger partial charge in [0.1, 0.15) is 11.3 Å². The maximum absolute atomic E-state index is 11.8. The number of benzene rings is 1. The number of carbonyl (C=O) groups excluding carboxylic acids is 1. The molecule has 1 amide bonds. The van der Waals surface area contributed by atoms with Gasteiger partial charge in [-0.25, -0.2) is 4.79 Å². The van der Waals surface area contributed by atoms with Gasteiger partial charge in [0.15, 0.2) is 0 Å². The zero-order valence-electron chi connectivity index (χ0n) is 13.0. The van der Waals surface area contributed by atoms with E-state index in [4.69, 9.17) is 9.84 Å². The average molecular weight is 293 g/mol. The van der Waals surface area contributed by atoms with Crippen LogP contribution in [0.3, 0.4) is 0 Å². The Morgan fingerprint density at radius 2 is 1.95 bits per heavy atom. The summed E-state index contributed by atoms with van der Waals surface area (Å²) in [6, 6.07) is 4.50. The van der Waals surface area contributed by atoms with E-state index in [-0.39, 0.29) is 22.6 Å². The van der Waals surface area contributed by atoms with Gasteiger partial charge in [-0.2, -0.15) is 0 Å². The average Bonchev–Trinajstić information content (AvgIpc) is 2.36. The first-order valence-corrected chi connectivity index (χ1v) is 6.94. The second-order valence-corrected chi connectivity index (χ2v) is 6.18. The van der Waals surface area contributed by atoms with Gasteiger partial charge in [0.25, 0.3) is 0 Å². The summed E-state index contributed by atoms with van der Waals surface area (Å²) in [6.45, 7) is 6.42. The summed E-state index contributed by atoms with van der Waals surface area (Å²) in [7, 11) is 1.40. The molecule has 5 heteroatoms. The van der Waals surface area contributed by atoms with Gasteiger partial charge in [0.2, 0.25) is 5.91 Å². The van der Waals surface area contributed by atoms with Crippen molar-refractivity contribution in [1.82, 2.24) is 0 Å². The molecule has 0 aliphatic rings. The molecule has 0 aromatic heterocycles. The first-order chi connectivity index (χ1) is 9.73. The van der Waals surface area contributed by atoms with Crippen LogP contribution < -0.4 is 10.1 Å². The molecule has 0 unspecified atom stereocenters. The summed E-state index contributed by atoms with van der Waals surface area (Å²) in [6.07, 6.45) is 2.24. The van der Waals surface area contributed by atoms with E-state index in [0.717, 1.165) is 12.8 Å². The molecular weight excluding hydrogens is 270 g/mol. The molecule has 0 aliphatic heterocycles. The lowest BCUT2D eigenvalue weighted by Gasteiger charge is -2.17. The Labute approximate surface area is 125 Å². The lowest BCUT2D eigenvalue weighted by molar-refractivity contribution is -0.116. The molecule has 1 aromatic carbocycles. The van der Waals surface area contributed by atoms with E-state index in [9.17, 15) is 9.59 Å². The number of rotatable bonds is 6. The molecule has 1 aromatic rings. The number of ether oxygens (including phenoxy) is 1. The molecular formula is C16H23NO4. The Morgan fingerprint density at radius 3 is 2.48 bits per heavy atom. The maximum atomic E-state index is 11.8. The second kappa shape index (κ2) is 7.11. The van der Waals surface area contributed by atoms with Crippen LogP contribution in [0.15, 0.2) is 18.2 Å². The molecule has 0 fully saturated rings. The molecule has 5 nitrogen and oxygen atoms in total. The summed E-state index contributed by atoms with van der Waals surface area (Å²) in [4.78, 5) is 22.8. The van der Waals surface area contributed by atoms with Crippen LogP contribution in [0.5, 0.6) is 5.75 Å². The van der Waals surface area contributed by atoms with Crippen LogP contribution in [-0.4, -0.2) is 24.1 Å². The summed E-state index contributed by atoms with van der Waals surface area (Å²) in [5.74, 6) is -0.908. The Morgan fingerprint density at radius 1 is 1.29 bits per heavy atom. The number of anilines is 1. The van der Waals surface area contributed by atoms with Crippen molar-refractivity contribution in [3.05, 3.63) is 23.8 Å². The fourth-order valence-electron chi connectivity index (χ4n) is 1.95. The fourth-order valence-corrected chi connectivity index (χ4v) is 1.95. The molecule has 0 saturated carbocycles. The van der Waals surface area contributed by atoms with E-state index in [1.165, 1.54) is 19.2 Å². The largest absolute Gasteiger partial charge is 0.496 e. The summed E-state index contributed by atoms with van der Waals surface area (Å²) < 4.78 is 5.02. The van der Waals surface area contributed by atoms with E-state index in [1.54, 1.807) is 6.07 Å². The minimum atomic E-state index is -1.06. The number of nitrogens with one attached hydrogen (secondary N) is 1. The van der Waals surface area contributed by atoms with Gasteiger partial charge in [-0.1, -0.05) is 20.8 Å². The van der Waals surface area contributed by atoms with Crippen molar-refractivity contribution in [2.24, 2.45) is 5.41 Å². The van der Waals surface area contributed by atoms with Crippen LogP contribution in [0.2, 0.25) is 0 Å². The smallest absolute Gasteiger partial charge is 0.339 e. The highest BCUT2D eigenvalue weighted by Crippen LogP contribution is 2.24. The van der Waals surface area contributed by atoms with Crippen LogP contribution >= 0.6 is 0 Å². The van der Waals surface area contributed by atoms with Crippen molar-refractivity contribution >= 4 is 17.6 Å². The van der Waals surface area contributed by atoms with Crippen LogP contribution in [0.4, 0.5) is 5.69 Å². The molecule has 2 N–H and O–H groups in total. The van der Waals surface area contributed by atoms with Crippen LogP contribution in [0.1, 0.15) is 50.4 Å². The number of hydrogen-bond acceptors (Lipinski definition) is 3. The summed E-state index contributed by atoms with van der Waals surface area (Å²) in [5, 5.41) is 11.8. The SMILES string of the molecule is COc1cc(NC(=O)CCCC(C)(C)C)ccc1C(=O)O. The first-order valence-electron chi connectivity index (χ1n) is 6.94. The van der Waals surface area contributed by atoms with E-state index in [0.29, 0.717) is 12.1 Å². The Balaban J connectivity index is 2.62. The number of methoxy groups -OCH3 is 1. The molecule has 0 atom stereocenters. The van der Waals surface area contributed by atoms with Crippen LogP contribution in [-0.2, 0) is 4.79 Å². The van der Waals surface area contributed by atoms with E-state index >= 15 is 0 Å². The number of amides is 1. The number of carboxylic acid groups (broad SMARTS) is 1. The minimum absolute atomic E-state index is 0.0724. The molecule has 21 heavy (non-hydrogen) atoms. The highest BCUT2D eigenvalue weighted by molar-refractivity contribution is 5.94. The first kappa shape index (κ1) is 17.0. The maximum Gasteiger partial charge on any atom is 0.339 e. The zero-order valence-corrected chi connectivity index (χ0v) is 13.0. The van der Waals surface area contributed by atoms with Crippen molar-refractivity contribution in [3.63, 3.8) is 0 Å². The molecule has 0 radical (unpaired) electrons. The number of carboxylic acids is 1. The standard InChI is InChI=1S/C16H23NO4/c1-16(2,3)9-5-6-14(18)17-11-7-8-12(15(19)20)13(10-11)21-4/h7-8,10H,5-6,9H2,1-4H3,(H,17,18)(H,19,20). The molecule has 0 aliphatic carbocycles. The summed E-state index contributed by atoms with van der Waals surface area (Å²) >= 11 is 0. The monoisotopic (exact) mass is 293 g/mol. The molecule has 0 heterocycles. The van der Waals surface area contributed by atoms with Crippen LogP contribution in [0, 0.1) is 5.41 Å². The molecule has 116 valence electrons. The predicted molar refractivity (Wildman–Crippen MR) is 81.9 cm³/mol. The van der Waals surface area contributed by atoms with Gasteiger partial charge < -0.3 is 15.2 Å². The lowest BCUT2D eigenvalue weighted by atomic mass is 9.90. The molecule has 0 bridgehead atoms. The Hall–Kier alpha value is -2.04. The summed E-state index contributed by atoms with van der Waals surface area (Å²) in [5.41, 5.74) is 0.827. The fraction of sp³-hybridized carbons (Fsp3) is 0.500. The third-order valence-corrected chi connectivity index (χ3v) is 3.05. The van der Waals surface area contributed by atoms with Gasteiger partial charge in [-0.05, 0) is 30.4 Å². The van der Waals surface area contributed by atoms with E-state index in [2.05, 4.69) is 26.1 Å². The highest BCUT2D eigenvalue weighted by atomic mass is 16.5. The van der Waals surface area contributed by atoms with E-state index in [1.807, 2.05) is 0 Å². The van der Waals surface area contributed by atoms with Crippen molar-refractivity contribution in [2.75, 3.05) is 12.4 Å². The molecule has 0 saturated heterocycles. The van der Waals surface area contributed by atoms with Gasteiger partial charge in [0, 0.05) is 18.2 Å². The van der Waals surface area contributed by atoms with Gasteiger partial charge in [-0.3, -0.25) is 4.79 Å². The van der Waals surface area contributed by atoms with Crippen molar-refractivity contribution in [1.29, 1.82) is 0 Å². The van der Waals surface area contributed by atoms with Crippen molar-refractivity contribution in [3.8, 4) is 5.75 Å². The van der Waals surface area contributed by atoms with Crippen molar-refractivity contribution in [2.45, 2.75) is 40.0 Å². The third kappa shape index (κ3) is 5.85. The predicted octanol–water partition coefficient (Wildman–Crippen LogP) is 3.55. The molecule has 0 spiro atoms. The highest BCUT2D eigenvalue weighted by Gasteiger charge is 2.13. The number of hydrogen-bond donors (Lipinski definition) is 2. The minimum Gasteiger partial charge on any atom is -0.496 e. The lowest BCUT2D eigenvalue weighted by Crippen LogP contribution is -2.13. The normalized spacial score (nSPS) is 11.0. The number of aromatic carboxylic acids is 1. The Bertz CT molecular complexity index is 517. The Kier molecular flexibility index (Phi) is 5.76. The van der Waals surface area contributed by atoms with Crippen LogP contribution in [0.25, 0.3) is 0 Å². The second-order valence-electron chi connectivity index (χ2n) is 6.18. The third-order valence-electron chi connectivity index (χ3n) is 3.05. The number of carbonyl (C=O) groups is 2. The van der Waals surface area contributed by atoms with Gasteiger partial charge in [-0.15, -0.1) is 0 Å². The van der Waals surface area contributed by atoms with Gasteiger partial charge in [0.05, 0.1) is 7.11 Å². The quantitative estimate of drug-likeness (QED) is 0.841. The topological polar surface area (TPSA) is 75.6 Å². The van der Waals surface area contributed by atoms with Gasteiger partial charge >= 0.3 is 5.97 Å². The van der Waals surface area contributed by atoms with E-state index < -0.39 is 5.97 Å². The molecule has 1 rings (SSSR count).